The summed E-state index contributed by atoms with van der Waals surface area (Å²) in [7, 11) is 0. The predicted molar refractivity (Wildman–Crippen MR) is 78.1 cm³/mol. The first-order valence-electron chi connectivity index (χ1n) is 6.26. The Kier molecular flexibility index (Phi) is 4.56. The van der Waals surface area contributed by atoms with Crippen molar-refractivity contribution < 1.29 is 5.11 Å². The number of aromatic nitrogens is 2. The van der Waals surface area contributed by atoms with Gasteiger partial charge in [-0.2, -0.15) is 0 Å². The number of aliphatic hydroxyl groups excluding tert-OH is 1. The molecule has 0 saturated heterocycles. The van der Waals surface area contributed by atoms with Crippen LogP contribution in [0.2, 0.25) is 0 Å². The minimum atomic E-state index is -0.515. The molecule has 1 heterocycles. The molecule has 0 aliphatic carbocycles. The first-order chi connectivity index (χ1) is 9.06. The highest BCUT2D eigenvalue weighted by Crippen LogP contribution is 2.23. The van der Waals surface area contributed by atoms with Crippen molar-refractivity contribution in [2.75, 3.05) is 0 Å². The lowest BCUT2D eigenvalue weighted by Gasteiger charge is -2.09. The van der Waals surface area contributed by atoms with Crippen LogP contribution >= 0.6 is 11.8 Å². The number of nitrogens with zero attached hydrogens (tertiary/aromatic N) is 2. The van der Waals surface area contributed by atoms with Crippen LogP contribution in [0.1, 0.15) is 35.7 Å². The zero-order valence-electron chi connectivity index (χ0n) is 11.4. The number of hydrogen-bond donors (Lipinski definition) is 1. The van der Waals surface area contributed by atoms with Crippen molar-refractivity contribution in [3.05, 3.63) is 53.1 Å². The Bertz CT molecular complexity index is 570. The molecule has 1 aromatic carbocycles. The van der Waals surface area contributed by atoms with Crippen molar-refractivity contribution in [3.8, 4) is 0 Å². The monoisotopic (exact) mass is 274 g/mol. The van der Waals surface area contributed by atoms with Crippen molar-refractivity contribution >= 4 is 11.8 Å². The van der Waals surface area contributed by atoms with Gasteiger partial charge in [0.15, 0.2) is 0 Å². The summed E-state index contributed by atoms with van der Waals surface area (Å²) in [6.07, 6.45) is 1.21. The maximum atomic E-state index is 9.55. The predicted octanol–water partition coefficient (Wildman–Crippen LogP) is 3.44. The summed E-state index contributed by atoms with van der Waals surface area (Å²) in [6, 6.07) is 8.39. The third-order valence-electron chi connectivity index (χ3n) is 2.87. The largest absolute Gasteiger partial charge is 0.389 e. The van der Waals surface area contributed by atoms with E-state index in [2.05, 4.69) is 41.2 Å². The average molecular weight is 274 g/mol. The summed E-state index contributed by atoms with van der Waals surface area (Å²) in [6.45, 7) is 5.72. The maximum absolute atomic E-state index is 9.55. The number of aliphatic hydroxyl groups is 1. The summed E-state index contributed by atoms with van der Waals surface area (Å²) in [4.78, 5) is 9.97. The lowest BCUT2D eigenvalue weighted by Crippen LogP contribution is -2.02. The van der Waals surface area contributed by atoms with Crippen LogP contribution in [-0.2, 0) is 5.75 Å². The number of aryl methyl sites for hydroxylation is 2. The topological polar surface area (TPSA) is 46.0 Å². The summed E-state index contributed by atoms with van der Waals surface area (Å²) < 4.78 is 0. The molecule has 0 fully saturated rings. The van der Waals surface area contributed by atoms with E-state index in [1.165, 1.54) is 10.5 Å². The molecule has 100 valence electrons. The first kappa shape index (κ1) is 14.0. The van der Waals surface area contributed by atoms with Crippen molar-refractivity contribution in [1.82, 2.24) is 9.97 Å². The molecule has 0 aliphatic rings. The molecule has 0 saturated carbocycles. The highest BCUT2D eigenvalue weighted by Gasteiger charge is 2.08. The molecule has 19 heavy (non-hydrogen) atoms. The van der Waals surface area contributed by atoms with Crippen LogP contribution in [0.4, 0.5) is 0 Å². The molecule has 2 rings (SSSR count). The van der Waals surface area contributed by atoms with E-state index in [4.69, 9.17) is 0 Å². The van der Waals surface area contributed by atoms with Crippen LogP contribution in [0.3, 0.4) is 0 Å². The Labute approximate surface area is 118 Å². The third-order valence-corrected chi connectivity index (χ3v) is 3.86. The van der Waals surface area contributed by atoms with Crippen molar-refractivity contribution in [1.29, 1.82) is 0 Å². The Morgan fingerprint density at radius 3 is 2.74 bits per heavy atom. The van der Waals surface area contributed by atoms with Gasteiger partial charge in [0.2, 0.25) is 0 Å². The lowest BCUT2D eigenvalue weighted by molar-refractivity contribution is 0.197. The molecular formula is C15H18N2OS. The molecular weight excluding hydrogens is 256 g/mol. The highest BCUT2D eigenvalue weighted by atomic mass is 32.2. The summed E-state index contributed by atoms with van der Waals surface area (Å²) >= 11 is 1.72. The van der Waals surface area contributed by atoms with E-state index in [1.54, 1.807) is 24.9 Å². The van der Waals surface area contributed by atoms with Crippen LogP contribution < -0.4 is 0 Å². The molecule has 3 nitrogen and oxygen atoms in total. The maximum Gasteiger partial charge on any atom is 0.138 e. The molecule has 0 aliphatic heterocycles. The van der Waals surface area contributed by atoms with E-state index in [0.29, 0.717) is 0 Å². The number of rotatable bonds is 4. The zero-order chi connectivity index (χ0) is 13.8. The van der Waals surface area contributed by atoms with Gasteiger partial charge in [-0.25, -0.2) is 9.97 Å². The third kappa shape index (κ3) is 3.78. The summed E-state index contributed by atoms with van der Waals surface area (Å²) in [5, 5.41) is 9.55. The quantitative estimate of drug-likeness (QED) is 0.868. The molecule has 4 heteroatoms. The van der Waals surface area contributed by atoms with E-state index in [0.717, 1.165) is 22.8 Å². The molecule has 1 atom stereocenters. The molecule has 0 bridgehead atoms. The van der Waals surface area contributed by atoms with Crippen LogP contribution in [0.25, 0.3) is 0 Å². The Morgan fingerprint density at radius 2 is 2.11 bits per heavy atom. The van der Waals surface area contributed by atoms with Gasteiger partial charge in [-0.05, 0) is 32.9 Å². The van der Waals surface area contributed by atoms with Gasteiger partial charge >= 0.3 is 0 Å². The zero-order valence-corrected chi connectivity index (χ0v) is 12.2. The van der Waals surface area contributed by atoms with Crippen molar-refractivity contribution in [2.24, 2.45) is 0 Å². The molecule has 0 amide bonds. The van der Waals surface area contributed by atoms with Gasteiger partial charge in [0.25, 0.3) is 0 Å². The van der Waals surface area contributed by atoms with E-state index in [-0.39, 0.29) is 0 Å². The van der Waals surface area contributed by atoms with Gasteiger partial charge < -0.3 is 5.11 Å². The standard InChI is InChI=1S/C15H18N2OS/c1-10-5-4-6-13(7-10)19-9-15-16-8-14(12(3)18)11(2)17-15/h4-8,12,18H,9H2,1-3H3/t12-/m1/s1. The van der Waals surface area contributed by atoms with Crippen LogP contribution in [0.15, 0.2) is 35.4 Å². The normalized spacial score (nSPS) is 12.4. The smallest absolute Gasteiger partial charge is 0.138 e. The first-order valence-corrected chi connectivity index (χ1v) is 7.25. The van der Waals surface area contributed by atoms with Crippen LogP contribution in [-0.4, -0.2) is 15.1 Å². The molecule has 0 radical (unpaired) electrons. The second kappa shape index (κ2) is 6.17. The van der Waals surface area contributed by atoms with Gasteiger partial charge in [-0.3, -0.25) is 0 Å². The Hall–Kier alpha value is -1.39. The van der Waals surface area contributed by atoms with Gasteiger partial charge in [0.05, 0.1) is 11.9 Å². The Balaban J connectivity index is 2.06. The second-order valence-electron chi connectivity index (χ2n) is 4.61. The van der Waals surface area contributed by atoms with E-state index < -0.39 is 6.10 Å². The van der Waals surface area contributed by atoms with Gasteiger partial charge in [-0.1, -0.05) is 17.7 Å². The lowest BCUT2D eigenvalue weighted by atomic mass is 10.1. The minimum Gasteiger partial charge on any atom is -0.389 e. The fourth-order valence-electron chi connectivity index (χ4n) is 1.86. The summed E-state index contributed by atoms with van der Waals surface area (Å²) in [5.41, 5.74) is 2.90. The van der Waals surface area contributed by atoms with Crippen molar-refractivity contribution in [3.63, 3.8) is 0 Å². The van der Waals surface area contributed by atoms with E-state index >= 15 is 0 Å². The molecule has 0 spiro atoms. The fraction of sp³-hybridized carbons (Fsp3) is 0.333. The van der Waals surface area contributed by atoms with E-state index in [1.807, 2.05) is 6.92 Å². The summed E-state index contributed by atoms with van der Waals surface area (Å²) in [5.74, 6) is 1.54. The average Bonchev–Trinajstić information content (AvgIpc) is 2.36. The van der Waals surface area contributed by atoms with E-state index in [9.17, 15) is 5.11 Å². The highest BCUT2D eigenvalue weighted by molar-refractivity contribution is 7.98. The molecule has 2 aromatic rings. The molecule has 1 aromatic heterocycles. The molecule has 1 N–H and O–H groups in total. The SMILES string of the molecule is Cc1cccc(SCc2ncc([C@@H](C)O)c(C)n2)c1. The van der Waals surface area contributed by atoms with Crippen molar-refractivity contribution in [2.45, 2.75) is 37.5 Å². The van der Waals surface area contributed by atoms with Crippen LogP contribution in [0.5, 0.6) is 0 Å². The van der Waals surface area contributed by atoms with Gasteiger partial charge in [0, 0.05) is 22.3 Å². The number of hydrogen-bond acceptors (Lipinski definition) is 4. The molecule has 0 unspecified atom stereocenters. The Morgan fingerprint density at radius 1 is 1.32 bits per heavy atom. The van der Waals surface area contributed by atoms with Crippen LogP contribution in [0, 0.1) is 13.8 Å². The minimum absolute atomic E-state index is 0.515. The second-order valence-corrected chi connectivity index (χ2v) is 5.66. The number of benzene rings is 1. The van der Waals surface area contributed by atoms with Gasteiger partial charge in [-0.15, -0.1) is 11.8 Å². The van der Waals surface area contributed by atoms with Gasteiger partial charge in [0.1, 0.15) is 5.82 Å². The fourth-order valence-corrected chi connectivity index (χ4v) is 2.74. The number of thioether (sulfide) groups is 1.